The van der Waals surface area contributed by atoms with Gasteiger partial charge in [-0.1, -0.05) is 42.0 Å². The van der Waals surface area contributed by atoms with E-state index < -0.39 is 6.10 Å². The van der Waals surface area contributed by atoms with Crippen molar-refractivity contribution in [3.8, 4) is 5.75 Å². The van der Waals surface area contributed by atoms with Gasteiger partial charge in [-0.05, 0) is 37.5 Å². The van der Waals surface area contributed by atoms with Gasteiger partial charge in [0.05, 0.1) is 18.8 Å². The SMILES string of the molecule is CCOC/C=C\C[C@H]1C(O)CC(OP)[C@@H]1/C=C/C(COc1cccc(Cl)c1)OP. The zero-order valence-corrected chi connectivity index (χ0v) is 19.7. The fourth-order valence-electron chi connectivity index (χ4n) is 3.46. The largest absolute Gasteiger partial charge is 0.490 e. The molecule has 1 N–H and O–H groups in total. The van der Waals surface area contributed by atoms with Crippen molar-refractivity contribution in [1.29, 1.82) is 0 Å². The minimum atomic E-state index is -0.412. The molecule has 0 aliphatic heterocycles. The molecule has 1 fully saturated rings. The maximum absolute atomic E-state index is 10.5. The lowest BCUT2D eigenvalue weighted by molar-refractivity contribution is 0.123. The van der Waals surface area contributed by atoms with E-state index in [1.54, 1.807) is 12.1 Å². The lowest BCUT2D eigenvalue weighted by Crippen LogP contribution is -2.22. The van der Waals surface area contributed by atoms with Gasteiger partial charge >= 0.3 is 0 Å². The van der Waals surface area contributed by atoms with E-state index in [9.17, 15) is 5.11 Å². The minimum Gasteiger partial charge on any atom is -0.490 e. The molecule has 0 bridgehead atoms. The number of rotatable bonds is 12. The summed E-state index contributed by atoms with van der Waals surface area (Å²) in [7, 11) is 4.60. The highest BCUT2D eigenvalue weighted by Gasteiger charge is 2.40. The van der Waals surface area contributed by atoms with Crippen LogP contribution in [0, 0.1) is 11.8 Å². The molecule has 1 aromatic carbocycles. The second kappa shape index (κ2) is 13.7. The number of ether oxygens (including phenoxy) is 2. The monoisotopic (exact) mass is 460 g/mol. The second-order valence-corrected chi connectivity index (χ2v) is 7.89. The molecule has 8 heteroatoms. The second-order valence-electron chi connectivity index (χ2n) is 6.91. The Hall–Kier alpha value is -0.510. The molecule has 1 saturated carbocycles. The third-order valence-electron chi connectivity index (χ3n) is 4.99. The quantitative estimate of drug-likeness (QED) is 0.280. The number of aliphatic hydroxyl groups is 1. The number of allylic oxidation sites excluding steroid dienone is 1. The topological polar surface area (TPSA) is 57.2 Å². The summed E-state index contributed by atoms with van der Waals surface area (Å²) in [6.45, 7) is 3.60. The summed E-state index contributed by atoms with van der Waals surface area (Å²) in [5.74, 6) is 0.847. The van der Waals surface area contributed by atoms with Crippen LogP contribution in [0.25, 0.3) is 0 Å². The van der Waals surface area contributed by atoms with Crippen LogP contribution in [0.5, 0.6) is 5.75 Å². The molecule has 7 atom stereocenters. The van der Waals surface area contributed by atoms with Crippen LogP contribution in [-0.2, 0) is 13.8 Å². The van der Waals surface area contributed by atoms with Crippen molar-refractivity contribution in [1.82, 2.24) is 0 Å². The minimum absolute atomic E-state index is 0.0597. The lowest BCUT2D eigenvalue weighted by atomic mass is 9.90. The summed E-state index contributed by atoms with van der Waals surface area (Å²) < 4.78 is 22.1. The van der Waals surface area contributed by atoms with Crippen LogP contribution in [0.15, 0.2) is 48.6 Å². The van der Waals surface area contributed by atoms with Crippen molar-refractivity contribution >= 4 is 30.5 Å². The molecule has 5 nitrogen and oxygen atoms in total. The van der Waals surface area contributed by atoms with Gasteiger partial charge in [0, 0.05) is 42.9 Å². The zero-order chi connectivity index (χ0) is 21.1. The van der Waals surface area contributed by atoms with Crippen LogP contribution in [-0.4, -0.2) is 43.2 Å². The Morgan fingerprint density at radius 3 is 2.83 bits per heavy atom. The highest BCUT2D eigenvalue weighted by atomic mass is 35.5. The highest BCUT2D eigenvalue weighted by molar-refractivity contribution is 7.10. The molecule has 0 saturated heterocycles. The Morgan fingerprint density at radius 2 is 2.14 bits per heavy atom. The van der Waals surface area contributed by atoms with Crippen molar-refractivity contribution in [3.63, 3.8) is 0 Å². The number of aliphatic hydroxyl groups excluding tert-OH is 1. The van der Waals surface area contributed by atoms with Gasteiger partial charge < -0.3 is 23.6 Å². The molecule has 0 radical (unpaired) electrons. The van der Waals surface area contributed by atoms with Gasteiger partial charge in [-0.15, -0.1) is 0 Å². The number of halogens is 1. The first-order chi connectivity index (χ1) is 14.1. The van der Waals surface area contributed by atoms with E-state index in [-0.39, 0.29) is 24.0 Å². The molecule has 162 valence electrons. The van der Waals surface area contributed by atoms with Crippen LogP contribution in [0.1, 0.15) is 19.8 Å². The standard InChI is InChI=1S/C21H31ClO5P2/c1-2-24-11-4-3-8-18-19(21(27-29)13-20(18)23)10-9-17(26-28)14-25-16-7-5-6-15(22)12-16/h3-7,9-10,12,17-21,23H,2,8,11,13-14,28-29H2,1H3/b4-3-,10-9+/t17?,18-,19-,20?,21?/m1/s1. The smallest absolute Gasteiger partial charge is 0.120 e. The fourth-order valence-corrected chi connectivity index (χ4v) is 4.11. The molecule has 2 rings (SSSR count). The summed E-state index contributed by atoms with van der Waals surface area (Å²) in [6.07, 6.45) is 8.75. The van der Waals surface area contributed by atoms with Gasteiger partial charge in [0.25, 0.3) is 0 Å². The Balaban J connectivity index is 1.97. The summed E-state index contributed by atoms with van der Waals surface area (Å²) in [5, 5.41) is 11.1. The molecule has 1 aliphatic rings. The average Bonchev–Trinajstić information content (AvgIpc) is 3.02. The summed E-state index contributed by atoms with van der Waals surface area (Å²) in [5.41, 5.74) is 0. The van der Waals surface area contributed by atoms with E-state index in [0.717, 1.165) is 6.42 Å². The van der Waals surface area contributed by atoms with Crippen molar-refractivity contribution < 1.29 is 23.6 Å². The van der Waals surface area contributed by atoms with Gasteiger partial charge in [0.1, 0.15) is 18.5 Å². The molecule has 0 heterocycles. The molecule has 1 aromatic rings. The molecular formula is C21H31ClO5P2. The Bertz CT molecular complexity index is 658. The summed E-state index contributed by atoms with van der Waals surface area (Å²) in [4.78, 5) is 0. The third kappa shape index (κ3) is 8.26. The first kappa shape index (κ1) is 24.8. The molecule has 0 spiro atoms. The zero-order valence-electron chi connectivity index (χ0n) is 16.7. The van der Waals surface area contributed by atoms with Crippen LogP contribution in [0.4, 0.5) is 0 Å². The van der Waals surface area contributed by atoms with Gasteiger partial charge in [-0.2, -0.15) is 0 Å². The molecule has 5 unspecified atom stereocenters. The van der Waals surface area contributed by atoms with Gasteiger partial charge in [-0.3, -0.25) is 0 Å². The third-order valence-corrected chi connectivity index (χ3v) is 5.93. The van der Waals surface area contributed by atoms with E-state index in [4.69, 9.17) is 30.1 Å². The van der Waals surface area contributed by atoms with Crippen molar-refractivity contribution in [2.24, 2.45) is 11.8 Å². The van der Waals surface area contributed by atoms with Crippen molar-refractivity contribution in [2.75, 3.05) is 19.8 Å². The number of hydrogen-bond acceptors (Lipinski definition) is 5. The van der Waals surface area contributed by atoms with Crippen LogP contribution in [0.3, 0.4) is 0 Å². The Labute approximate surface area is 183 Å². The van der Waals surface area contributed by atoms with E-state index in [1.807, 2.05) is 31.2 Å². The molecule has 0 amide bonds. The highest BCUT2D eigenvalue weighted by Crippen LogP contribution is 2.39. The molecule has 0 aromatic heterocycles. The van der Waals surface area contributed by atoms with E-state index >= 15 is 0 Å². The van der Waals surface area contributed by atoms with Gasteiger partial charge in [-0.25, -0.2) is 0 Å². The first-order valence-corrected chi connectivity index (χ1v) is 11.1. The van der Waals surface area contributed by atoms with Crippen LogP contribution >= 0.6 is 30.5 Å². The average molecular weight is 461 g/mol. The van der Waals surface area contributed by atoms with E-state index in [0.29, 0.717) is 37.0 Å². The predicted molar refractivity (Wildman–Crippen MR) is 123 cm³/mol. The van der Waals surface area contributed by atoms with E-state index in [1.165, 1.54) is 0 Å². The lowest BCUT2D eigenvalue weighted by Gasteiger charge is -2.21. The normalized spacial score (nSPS) is 25.8. The van der Waals surface area contributed by atoms with Crippen molar-refractivity contribution in [3.05, 3.63) is 53.6 Å². The van der Waals surface area contributed by atoms with Crippen molar-refractivity contribution in [2.45, 2.75) is 38.1 Å². The van der Waals surface area contributed by atoms with E-state index in [2.05, 4.69) is 31.1 Å². The maximum Gasteiger partial charge on any atom is 0.120 e. The molecule has 1 aliphatic carbocycles. The maximum atomic E-state index is 10.5. The Kier molecular flexibility index (Phi) is 11.7. The molecule has 29 heavy (non-hydrogen) atoms. The number of benzene rings is 1. The molecular weight excluding hydrogens is 430 g/mol. The Morgan fingerprint density at radius 1 is 1.31 bits per heavy atom. The van der Waals surface area contributed by atoms with Crippen LogP contribution in [0.2, 0.25) is 5.02 Å². The first-order valence-electron chi connectivity index (χ1n) is 9.77. The summed E-state index contributed by atoms with van der Waals surface area (Å²) >= 11 is 5.99. The number of hydrogen-bond donors (Lipinski definition) is 1. The predicted octanol–water partition coefficient (Wildman–Crippen LogP) is 4.61. The summed E-state index contributed by atoms with van der Waals surface area (Å²) in [6, 6.07) is 7.26. The van der Waals surface area contributed by atoms with Gasteiger partial charge in [0.15, 0.2) is 0 Å². The van der Waals surface area contributed by atoms with Gasteiger partial charge in [0.2, 0.25) is 0 Å². The fraction of sp³-hybridized carbons (Fsp3) is 0.524. The van der Waals surface area contributed by atoms with Crippen LogP contribution < -0.4 is 4.74 Å².